The lowest BCUT2D eigenvalue weighted by atomic mass is 10.9. The first-order valence-corrected chi connectivity index (χ1v) is 3.30. The van der Waals surface area contributed by atoms with Gasteiger partial charge in [-0.1, -0.05) is 0 Å². The molecule has 0 aliphatic carbocycles. The van der Waals surface area contributed by atoms with Crippen LogP contribution in [0.25, 0.3) is 0 Å². The number of hydrogen-bond donors (Lipinski definition) is 0. The van der Waals surface area contributed by atoms with Crippen molar-refractivity contribution in [3.8, 4) is 0 Å². The average Bonchev–Trinajstić information content (AvgIpc) is 1.68. The van der Waals surface area contributed by atoms with Crippen molar-refractivity contribution < 1.29 is 13.2 Å². The minimum atomic E-state index is -2.36. The summed E-state index contributed by atoms with van der Waals surface area (Å²) in [5.41, 5.74) is 0. The van der Waals surface area contributed by atoms with E-state index in [1.165, 1.54) is 0 Å². The third-order valence-electron chi connectivity index (χ3n) is 0.325. The van der Waals surface area contributed by atoms with Gasteiger partial charge in [-0.05, 0) is 6.92 Å². The molecule has 0 saturated heterocycles. The first-order chi connectivity index (χ1) is 3.31. The molecule has 0 rings (SSSR count). The lowest BCUT2D eigenvalue weighted by molar-refractivity contribution is 0.308. The summed E-state index contributed by atoms with van der Waals surface area (Å²) in [5.74, 6) is 0. The number of halogens is 1. The zero-order chi connectivity index (χ0) is 5.70. The van der Waals surface area contributed by atoms with E-state index in [1.54, 1.807) is 6.92 Å². The van der Waals surface area contributed by atoms with Crippen LogP contribution in [0.2, 0.25) is 0 Å². The summed E-state index contributed by atoms with van der Waals surface area (Å²) in [6, 6.07) is 0. The Kier molecular flexibility index (Phi) is 4.88. The lowest BCUT2D eigenvalue weighted by Crippen LogP contribution is -1.74. The van der Waals surface area contributed by atoms with Crippen molar-refractivity contribution >= 4 is 20.1 Å². The van der Waals surface area contributed by atoms with Crippen molar-refractivity contribution in [2.45, 2.75) is 6.92 Å². The molecule has 0 aliphatic heterocycles. The molecule has 0 amide bonds. The molecule has 0 aromatic rings. The number of rotatable bonds is 3. The van der Waals surface area contributed by atoms with E-state index in [-0.39, 0.29) is 0 Å². The van der Waals surface area contributed by atoms with Gasteiger partial charge in [-0.3, -0.25) is 4.57 Å². The van der Waals surface area contributed by atoms with Gasteiger partial charge >= 0.3 is 8.25 Å². The highest BCUT2D eigenvalue weighted by molar-refractivity contribution is 7.34. The maximum absolute atomic E-state index is 10.0. The van der Waals surface area contributed by atoms with Crippen LogP contribution in [0.1, 0.15) is 6.92 Å². The normalized spacial score (nSPS) is 14.0. The maximum atomic E-state index is 10.0. The van der Waals surface area contributed by atoms with Gasteiger partial charge in [-0.2, -0.15) is 4.08 Å². The Balaban J connectivity index is 3.00. The Morgan fingerprint density at radius 1 is 1.86 bits per heavy atom. The van der Waals surface area contributed by atoms with Crippen molar-refractivity contribution in [1.82, 2.24) is 0 Å². The highest BCUT2D eigenvalue weighted by atomic mass is 35.5. The monoisotopic (exact) mass is 144 g/mol. The fraction of sp³-hybridized carbons (Fsp3) is 1.00. The summed E-state index contributed by atoms with van der Waals surface area (Å²) in [6.45, 7) is 2.07. The van der Waals surface area contributed by atoms with Crippen molar-refractivity contribution in [2.75, 3.05) is 6.61 Å². The van der Waals surface area contributed by atoms with Gasteiger partial charge in [-0.15, -0.1) is 0 Å². The standard InChI is InChI=1S/C2H6ClO3P/c1-2-5-7(4)6-3/h7H,2H2,1H3. The van der Waals surface area contributed by atoms with Gasteiger partial charge in [0, 0.05) is 0 Å². The van der Waals surface area contributed by atoms with Crippen LogP contribution in [0.4, 0.5) is 0 Å². The van der Waals surface area contributed by atoms with Gasteiger partial charge in [0.05, 0.1) is 18.5 Å². The summed E-state index contributed by atoms with van der Waals surface area (Å²) >= 11 is 4.64. The third kappa shape index (κ3) is 4.29. The molecular weight excluding hydrogens is 138 g/mol. The van der Waals surface area contributed by atoms with E-state index in [4.69, 9.17) is 0 Å². The molecule has 0 aromatic carbocycles. The van der Waals surface area contributed by atoms with Gasteiger partial charge in [0.1, 0.15) is 0 Å². The van der Waals surface area contributed by atoms with Gasteiger partial charge in [-0.25, -0.2) is 0 Å². The van der Waals surface area contributed by atoms with Gasteiger partial charge in [0.25, 0.3) is 0 Å². The Labute approximate surface area is 47.7 Å². The minimum Gasteiger partial charge on any atom is -0.310 e. The second kappa shape index (κ2) is 4.60. The number of hydrogen-bond acceptors (Lipinski definition) is 3. The third-order valence-corrected chi connectivity index (χ3v) is 1.35. The molecule has 0 saturated carbocycles. The van der Waals surface area contributed by atoms with E-state index in [1.807, 2.05) is 0 Å². The van der Waals surface area contributed by atoms with Crippen molar-refractivity contribution in [3.05, 3.63) is 0 Å². The predicted molar refractivity (Wildman–Crippen MR) is 27.6 cm³/mol. The molecule has 0 fully saturated rings. The Morgan fingerprint density at radius 3 is 2.57 bits per heavy atom. The predicted octanol–water partition coefficient (Wildman–Crippen LogP) is 1.58. The quantitative estimate of drug-likeness (QED) is 0.564. The first-order valence-electron chi connectivity index (χ1n) is 1.76. The molecule has 44 valence electrons. The highest BCUT2D eigenvalue weighted by Crippen LogP contribution is 2.24. The molecule has 0 N–H and O–H groups in total. The summed E-state index contributed by atoms with van der Waals surface area (Å²) in [5, 5.41) is 0. The van der Waals surface area contributed by atoms with Crippen LogP contribution in [-0.4, -0.2) is 6.61 Å². The van der Waals surface area contributed by atoms with E-state index in [2.05, 4.69) is 20.5 Å². The molecule has 0 bridgehead atoms. The molecule has 1 unspecified atom stereocenters. The topological polar surface area (TPSA) is 35.5 Å². The van der Waals surface area contributed by atoms with Crippen LogP contribution in [0.15, 0.2) is 0 Å². The largest absolute Gasteiger partial charge is 0.335 e. The molecule has 1 atom stereocenters. The van der Waals surface area contributed by atoms with E-state index < -0.39 is 8.25 Å². The lowest BCUT2D eigenvalue weighted by Gasteiger charge is -1.91. The van der Waals surface area contributed by atoms with Crippen molar-refractivity contribution in [1.29, 1.82) is 0 Å². The average molecular weight is 144 g/mol. The summed E-state index contributed by atoms with van der Waals surface area (Å²) in [4.78, 5) is 0. The summed E-state index contributed by atoms with van der Waals surface area (Å²) < 4.78 is 18.2. The van der Waals surface area contributed by atoms with Crippen LogP contribution in [0.5, 0.6) is 0 Å². The van der Waals surface area contributed by atoms with Gasteiger partial charge < -0.3 is 4.52 Å². The second-order valence-electron chi connectivity index (χ2n) is 0.760. The molecule has 0 radical (unpaired) electrons. The minimum absolute atomic E-state index is 0.366. The van der Waals surface area contributed by atoms with Crippen LogP contribution in [-0.2, 0) is 13.2 Å². The zero-order valence-corrected chi connectivity index (χ0v) is 5.57. The fourth-order valence-corrected chi connectivity index (χ4v) is 0.554. The maximum Gasteiger partial charge on any atom is 0.335 e. The van der Waals surface area contributed by atoms with Crippen molar-refractivity contribution in [2.24, 2.45) is 0 Å². The molecule has 0 spiro atoms. The van der Waals surface area contributed by atoms with E-state index in [0.717, 1.165) is 0 Å². The first kappa shape index (κ1) is 7.44. The molecule has 7 heavy (non-hydrogen) atoms. The van der Waals surface area contributed by atoms with E-state index in [0.29, 0.717) is 6.61 Å². The van der Waals surface area contributed by atoms with Crippen LogP contribution in [0.3, 0.4) is 0 Å². The Hall–Kier alpha value is 0.440. The fourth-order valence-electron chi connectivity index (χ4n) is 0.140. The summed E-state index contributed by atoms with van der Waals surface area (Å²) in [6.07, 6.45) is 0. The highest BCUT2D eigenvalue weighted by Gasteiger charge is 1.90. The van der Waals surface area contributed by atoms with Crippen LogP contribution in [0, 0.1) is 0 Å². The zero-order valence-electron chi connectivity index (χ0n) is 3.81. The van der Waals surface area contributed by atoms with Gasteiger partial charge in [0.15, 0.2) is 0 Å². The van der Waals surface area contributed by atoms with Crippen LogP contribution < -0.4 is 0 Å². The van der Waals surface area contributed by atoms with Crippen molar-refractivity contribution in [3.63, 3.8) is 0 Å². The Bertz CT molecular complexity index is 66.0. The van der Waals surface area contributed by atoms with E-state index in [9.17, 15) is 4.57 Å². The Morgan fingerprint density at radius 2 is 2.43 bits per heavy atom. The molecule has 5 heteroatoms. The summed E-state index contributed by atoms with van der Waals surface area (Å²) in [7, 11) is -2.36. The SMILES string of the molecule is CCO[PH](=O)OCl. The molecule has 0 heterocycles. The van der Waals surface area contributed by atoms with Crippen LogP contribution >= 0.6 is 20.1 Å². The van der Waals surface area contributed by atoms with Gasteiger partial charge in [0.2, 0.25) is 0 Å². The molecule has 0 aliphatic rings. The molecule has 0 aromatic heterocycles. The van der Waals surface area contributed by atoms with E-state index >= 15 is 0 Å². The smallest absolute Gasteiger partial charge is 0.310 e. The second-order valence-corrected chi connectivity index (χ2v) is 2.17. The molecule has 3 nitrogen and oxygen atoms in total. The molecular formula is C2H6ClO3P.